The largest absolute Gasteiger partial charge is 0.467 e. The van der Waals surface area contributed by atoms with Crippen molar-refractivity contribution in [3.05, 3.63) is 65.4 Å². The number of furan rings is 1. The van der Waals surface area contributed by atoms with E-state index in [1.165, 1.54) is 10.6 Å². The number of aryl methyl sites for hydroxylation is 2. The van der Waals surface area contributed by atoms with Gasteiger partial charge in [-0.2, -0.15) is 4.31 Å². The van der Waals surface area contributed by atoms with Crippen LogP contribution >= 0.6 is 0 Å². The number of hydrogen-bond donors (Lipinski definition) is 2. The highest BCUT2D eigenvalue weighted by molar-refractivity contribution is 7.89. The molecule has 1 aliphatic heterocycles. The molecule has 11 heteroatoms. The summed E-state index contributed by atoms with van der Waals surface area (Å²) < 4.78 is 37.6. The van der Waals surface area contributed by atoms with Crippen molar-refractivity contribution in [2.75, 3.05) is 18.4 Å². The van der Waals surface area contributed by atoms with E-state index in [0.29, 0.717) is 35.5 Å². The Balaban J connectivity index is 1.38. The molecule has 2 aromatic heterocycles. The number of hydrogen-bond acceptors (Lipinski definition) is 7. The van der Waals surface area contributed by atoms with Gasteiger partial charge in [0.1, 0.15) is 16.3 Å². The molecule has 1 fully saturated rings. The average molecular weight is 487 g/mol. The molecule has 0 aliphatic carbocycles. The first-order valence-corrected chi connectivity index (χ1v) is 12.3. The Morgan fingerprint density at radius 2 is 1.85 bits per heavy atom. The Kier molecular flexibility index (Phi) is 6.85. The number of benzene rings is 1. The van der Waals surface area contributed by atoms with Crippen molar-refractivity contribution in [3.8, 4) is 0 Å². The maximum atomic E-state index is 13.0. The van der Waals surface area contributed by atoms with Crippen LogP contribution in [0.5, 0.6) is 0 Å². The minimum absolute atomic E-state index is 0.0879. The van der Waals surface area contributed by atoms with Crippen LogP contribution in [-0.4, -0.2) is 42.8 Å². The van der Waals surface area contributed by atoms with E-state index in [0.717, 1.165) is 0 Å². The smallest absolute Gasteiger partial charge is 0.253 e. The first kappa shape index (κ1) is 23.7. The van der Waals surface area contributed by atoms with Crippen molar-refractivity contribution < 1.29 is 26.9 Å². The molecule has 2 N–H and O–H groups in total. The van der Waals surface area contributed by atoms with Gasteiger partial charge >= 0.3 is 0 Å². The number of rotatable bonds is 7. The second-order valence-corrected chi connectivity index (χ2v) is 10.0. The van der Waals surface area contributed by atoms with Crippen LogP contribution in [0, 0.1) is 19.8 Å². The zero-order chi connectivity index (χ0) is 24.3. The molecule has 0 atom stereocenters. The van der Waals surface area contributed by atoms with Crippen molar-refractivity contribution >= 4 is 27.5 Å². The molecule has 1 aliphatic rings. The molecule has 1 saturated heterocycles. The molecule has 4 rings (SSSR count). The summed E-state index contributed by atoms with van der Waals surface area (Å²) in [7, 11) is -3.75. The molecule has 10 nitrogen and oxygen atoms in total. The van der Waals surface area contributed by atoms with Crippen molar-refractivity contribution in [2.24, 2.45) is 5.92 Å². The maximum absolute atomic E-state index is 13.0. The summed E-state index contributed by atoms with van der Waals surface area (Å²) in [5, 5.41) is 9.34. The molecule has 0 saturated carbocycles. The molecule has 1 aromatic carbocycles. The fourth-order valence-corrected chi connectivity index (χ4v) is 5.79. The van der Waals surface area contributed by atoms with E-state index in [1.54, 1.807) is 50.2 Å². The standard InChI is InChI=1S/C23H26N4O6S/c1-15-21(16(2)33-26-15)34(30,31)27-11-9-17(10-12-27)22(28)25-20-8-4-3-7-19(20)23(29)24-14-18-6-5-13-32-18/h3-8,13,17H,9-12,14H2,1-2H3,(H,24,29)(H,25,28). The van der Waals surface area contributed by atoms with Gasteiger partial charge in [-0.05, 0) is 51.0 Å². The number of amides is 2. The highest BCUT2D eigenvalue weighted by Gasteiger charge is 2.35. The molecule has 3 heterocycles. The highest BCUT2D eigenvalue weighted by Crippen LogP contribution is 2.28. The summed E-state index contributed by atoms with van der Waals surface area (Å²) in [6, 6.07) is 10.2. The number of carbonyl (C=O) groups excluding carboxylic acids is 2. The number of aromatic nitrogens is 1. The average Bonchev–Trinajstić information content (AvgIpc) is 3.47. The SMILES string of the molecule is Cc1noc(C)c1S(=O)(=O)N1CCC(C(=O)Nc2ccccc2C(=O)NCc2ccco2)CC1. The van der Waals surface area contributed by atoms with Crippen molar-refractivity contribution in [3.63, 3.8) is 0 Å². The van der Waals surface area contributed by atoms with E-state index in [9.17, 15) is 18.0 Å². The van der Waals surface area contributed by atoms with E-state index in [1.807, 2.05) is 0 Å². The number of nitrogens with one attached hydrogen (secondary N) is 2. The normalized spacial score (nSPS) is 15.2. The van der Waals surface area contributed by atoms with Crippen LogP contribution in [0.2, 0.25) is 0 Å². The molecular weight excluding hydrogens is 460 g/mol. The first-order chi connectivity index (χ1) is 16.3. The lowest BCUT2D eigenvalue weighted by Gasteiger charge is -2.30. The third kappa shape index (κ3) is 4.90. The number of para-hydroxylation sites is 1. The fraction of sp³-hybridized carbons (Fsp3) is 0.348. The summed E-state index contributed by atoms with van der Waals surface area (Å²) >= 11 is 0. The number of sulfonamides is 1. The monoisotopic (exact) mass is 486 g/mol. The topological polar surface area (TPSA) is 135 Å². The molecule has 34 heavy (non-hydrogen) atoms. The second kappa shape index (κ2) is 9.82. The molecule has 0 unspecified atom stereocenters. The molecule has 3 aromatic rings. The lowest BCUT2D eigenvalue weighted by atomic mass is 9.97. The van der Waals surface area contributed by atoms with Gasteiger partial charge < -0.3 is 19.6 Å². The predicted molar refractivity (Wildman–Crippen MR) is 122 cm³/mol. The van der Waals surface area contributed by atoms with Gasteiger partial charge in [-0.3, -0.25) is 9.59 Å². The molecule has 0 bridgehead atoms. The Labute approximate surface area is 197 Å². The van der Waals surface area contributed by atoms with Crippen LogP contribution < -0.4 is 10.6 Å². The van der Waals surface area contributed by atoms with Gasteiger partial charge in [0, 0.05) is 19.0 Å². The third-order valence-electron chi connectivity index (χ3n) is 5.82. The lowest BCUT2D eigenvalue weighted by Crippen LogP contribution is -2.41. The minimum Gasteiger partial charge on any atom is -0.467 e. The van der Waals surface area contributed by atoms with Crippen LogP contribution in [0.15, 0.2) is 56.5 Å². The zero-order valence-corrected chi connectivity index (χ0v) is 19.7. The van der Waals surface area contributed by atoms with Crippen LogP contribution in [-0.2, 0) is 21.4 Å². The third-order valence-corrected chi connectivity index (χ3v) is 7.97. The first-order valence-electron chi connectivity index (χ1n) is 10.9. The fourth-order valence-electron chi connectivity index (χ4n) is 4.03. The van der Waals surface area contributed by atoms with E-state index in [-0.39, 0.29) is 48.0 Å². The van der Waals surface area contributed by atoms with Gasteiger partial charge in [0.2, 0.25) is 15.9 Å². The second-order valence-electron chi connectivity index (χ2n) is 8.13. The number of carbonyl (C=O) groups is 2. The summed E-state index contributed by atoms with van der Waals surface area (Å²) in [5.74, 6) is -0.101. The predicted octanol–water partition coefficient (Wildman–Crippen LogP) is 2.85. The van der Waals surface area contributed by atoms with Gasteiger partial charge in [0.15, 0.2) is 5.76 Å². The Bertz CT molecular complexity index is 1260. The number of anilines is 1. The molecule has 180 valence electrons. The highest BCUT2D eigenvalue weighted by atomic mass is 32.2. The Hall–Kier alpha value is -3.44. The Morgan fingerprint density at radius 1 is 1.12 bits per heavy atom. The van der Waals surface area contributed by atoms with Crippen LogP contribution in [0.4, 0.5) is 5.69 Å². The van der Waals surface area contributed by atoms with Gasteiger partial charge in [0.05, 0.1) is 24.1 Å². The van der Waals surface area contributed by atoms with Gasteiger partial charge in [-0.15, -0.1) is 0 Å². The van der Waals surface area contributed by atoms with Gasteiger partial charge in [-0.25, -0.2) is 8.42 Å². The molecule has 2 amide bonds. The van der Waals surface area contributed by atoms with Gasteiger partial charge in [-0.1, -0.05) is 17.3 Å². The Morgan fingerprint density at radius 3 is 2.50 bits per heavy atom. The molecular formula is C23H26N4O6S. The lowest BCUT2D eigenvalue weighted by molar-refractivity contribution is -0.120. The van der Waals surface area contributed by atoms with E-state index in [2.05, 4.69) is 15.8 Å². The van der Waals surface area contributed by atoms with E-state index < -0.39 is 10.0 Å². The maximum Gasteiger partial charge on any atom is 0.253 e. The molecule has 0 spiro atoms. The van der Waals surface area contributed by atoms with Crippen LogP contribution in [0.3, 0.4) is 0 Å². The van der Waals surface area contributed by atoms with Crippen molar-refractivity contribution in [1.82, 2.24) is 14.8 Å². The quantitative estimate of drug-likeness (QED) is 0.524. The van der Waals surface area contributed by atoms with Crippen LogP contribution in [0.1, 0.15) is 40.4 Å². The van der Waals surface area contributed by atoms with E-state index in [4.69, 9.17) is 8.94 Å². The molecule has 0 radical (unpaired) electrons. The van der Waals surface area contributed by atoms with Crippen molar-refractivity contribution in [2.45, 2.75) is 38.1 Å². The zero-order valence-electron chi connectivity index (χ0n) is 18.9. The van der Waals surface area contributed by atoms with Crippen LogP contribution in [0.25, 0.3) is 0 Å². The van der Waals surface area contributed by atoms with Gasteiger partial charge in [0.25, 0.3) is 5.91 Å². The summed E-state index contributed by atoms with van der Waals surface area (Å²) in [4.78, 5) is 25.7. The van der Waals surface area contributed by atoms with E-state index >= 15 is 0 Å². The number of piperidine rings is 1. The summed E-state index contributed by atoms with van der Waals surface area (Å²) in [6.07, 6.45) is 2.25. The number of nitrogens with zero attached hydrogens (tertiary/aromatic N) is 2. The minimum atomic E-state index is -3.75. The summed E-state index contributed by atoms with van der Waals surface area (Å²) in [5.41, 5.74) is 1.05. The summed E-state index contributed by atoms with van der Waals surface area (Å²) in [6.45, 7) is 3.79. The van der Waals surface area contributed by atoms with Crippen molar-refractivity contribution in [1.29, 1.82) is 0 Å².